The van der Waals surface area contributed by atoms with E-state index >= 15 is 0 Å². The lowest BCUT2D eigenvalue weighted by Crippen LogP contribution is -2.44. The fourth-order valence-electron chi connectivity index (χ4n) is 4.10. The molecule has 0 bridgehead atoms. The van der Waals surface area contributed by atoms with E-state index in [1.54, 1.807) is 23.6 Å². The van der Waals surface area contributed by atoms with Crippen LogP contribution in [0.5, 0.6) is 0 Å². The zero-order chi connectivity index (χ0) is 22.5. The summed E-state index contributed by atoms with van der Waals surface area (Å²) in [7, 11) is 0. The van der Waals surface area contributed by atoms with Crippen LogP contribution in [0.25, 0.3) is 0 Å². The van der Waals surface area contributed by atoms with Crippen molar-refractivity contribution in [2.75, 3.05) is 11.4 Å². The maximum absolute atomic E-state index is 13.5. The van der Waals surface area contributed by atoms with Crippen molar-refractivity contribution in [1.82, 2.24) is 10.2 Å². The first-order chi connectivity index (χ1) is 15.4. The highest BCUT2D eigenvalue weighted by Gasteiger charge is 2.50. The number of hydrogen-bond donors (Lipinski definition) is 1. The number of imide groups is 1. The van der Waals surface area contributed by atoms with Crippen LogP contribution in [0, 0.1) is 6.92 Å². The molecule has 3 aromatic carbocycles. The number of aryl methyl sites for hydroxylation is 1. The highest BCUT2D eigenvalue weighted by molar-refractivity contribution is 7.99. The zero-order valence-electron chi connectivity index (χ0n) is 17.7. The van der Waals surface area contributed by atoms with E-state index in [1.807, 2.05) is 79.7 Å². The van der Waals surface area contributed by atoms with Crippen LogP contribution < -0.4 is 10.2 Å². The molecule has 1 atom stereocenters. The number of rotatable bonds is 3. The Morgan fingerprint density at radius 3 is 2.06 bits per heavy atom. The molecule has 0 aromatic heterocycles. The highest BCUT2D eigenvalue weighted by atomic mass is 32.2. The van der Waals surface area contributed by atoms with Gasteiger partial charge < -0.3 is 5.32 Å². The number of hydrogen-bond acceptors (Lipinski definition) is 4. The Bertz CT molecular complexity index is 1210. The fourth-order valence-corrected chi connectivity index (χ4v) is 5.16. The summed E-state index contributed by atoms with van der Waals surface area (Å²) in [4.78, 5) is 44.1. The van der Waals surface area contributed by atoms with Crippen molar-refractivity contribution in [2.45, 2.75) is 29.2 Å². The molecule has 6 nitrogen and oxygen atoms in total. The predicted octanol–water partition coefficient (Wildman–Crippen LogP) is 4.59. The summed E-state index contributed by atoms with van der Waals surface area (Å²) in [5, 5.41) is 2.78. The van der Waals surface area contributed by atoms with Gasteiger partial charge >= 0.3 is 6.03 Å². The molecule has 0 radical (unpaired) electrons. The monoisotopic (exact) mass is 443 g/mol. The molecule has 0 saturated carbocycles. The van der Waals surface area contributed by atoms with Crippen LogP contribution in [0.1, 0.15) is 18.1 Å². The first-order valence-corrected chi connectivity index (χ1v) is 11.1. The summed E-state index contributed by atoms with van der Waals surface area (Å²) in [5.74, 6) is -0.783. The largest absolute Gasteiger partial charge is 0.325 e. The molecule has 32 heavy (non-hydrogen) atoms. The van der Waals surface area contributed by atoms with Gasteiger partial charge in [-0.25, -0.2) is 4.79 Å². The van der Waals surface area contributed by atoms with Crippen LogP contribution in [0.2, 0.25) is 0 Å². The van der Waals surface area contributed by atoms with Gasteiger partial charge in [-0.15, -0.1) is 0 Å². The van der Waals surface area contributed by atoms with Crippen LogP contribution >= 0.6 is 11.8 Å². The predicted molar refractivity (Wildman–Crippen MR) is 123 cm³/mol. The van der Waals surface area contributed by atoms with Crippen LogP contribution in [0.4, 0.5) is 16.2 Å². The summed E-state index contributed by atoms with van der Waals surface area (Å²) in [6.07, 6.45) is 0. The number of carbonyl (C=O) groups excluding carboxylic acids is 3. The fraction of sp³-hybridized carbons (Fsp3) is 0.160. The van der Waals surface area contributed by atoms with E-state index in [9.17, 15) is 14.4 Å². The second-order valence-electron chi connectivity index (χ2n) is 8.08. The van der Waals surface area contributed by atoms with Crippen molar-refractivity contribution in [2.24, 2.45) is 0 Å². The Morgan fingerprint density at radius 1 is 0.906 bits per heavy atom. The van der Waals surface area contributed by atoms with E-state index in [0.717, 1.165) is 31.6 Å². The Morgan fingerprint density at radius 2 is 1.47 bits per heavy atom. The van der Waals surface area contributed by atoms with E-state index in [2.05, 4.69) is 5.32 Å². The summed E-state index contributed by atoms with van der Waals surface area (Å²) < 4.78 is 0. The van der Waals surface area contributed by atoms with Gasteiger partial charge in [-0.3, -0.25) is 19.4 Å². The maximum atomic E-state index is 13.5. The van der Waals surface area contributed by atoms with E-state index in [1.165, 1.54) is 0 Å². The van der Waals surface area contributed by atoms with Gasteiger partial charge in [-0.05, 0) is 43.7 Å². The summed E-state index contributed by atoms with van der Waals surface area (Å²) in [5.41, 5.74) is 2.02. The highest BCUT2D eigenvalue weighted by Crippen LogP contribution is 2.48. The first-order valence-electron chi connectivity index (χ1n) is 10.3. The van der Waals surface area contributed by atoms with Gasteiger partial charge in [0.25, 0.3) is 11.8 Å². The van der Waals surface area contributed by atoms with Crippen LogP contribution in [0.3, 0.4) is 0 Å². The van der Waals surface area contributed by atoms with E-state index < -0.39 is 17.5 Å². The molecular weight excluding hydrogens is 422 g/mol. The number of nitrogens with zero attached hydrogens (tertiary/aromatic N) is 2. The molecule has 2 aliphatic rings. The van der Waals surface area contributed by atoms with Gasteiger partial charge in [0, 0.05) is 9.79 Å². The van der Waals surface area contributed by atoms with Gasteiger partial charge in [0.15, 0.2) is 0 Å². The Labute approximate surface area is 190 Å². The van der Waals surface area contributed by atoms with Crippen LogP contribution in [-0.4, -0.2) is 29.3 Å². The standard InChI is InChI=1S/C25H21N3O3S/c1-16-11-13-17(14-12-16)25(2)23(30)27(24(31)26-25)15-22(29)28-18-7-3-5-9-20(18)32-21-10-6-4-8-19(21)28/h3-14H,15H2,1-2H3,(H,26,31)/t25-/m1/s1. The second-order valence-corrected chi connectivity index (χ2v) is 9.16. The Balaban J connectivity index is 1.46. The van der Waals surface area contributed by atoms with Crippen molar-refractivity contribution in [1.29, 1.82) is 0 Å². The van der Waals surface area contributed by atoms with Crippen molar-refractivity contribution in [3.8, 4) is 0 Å². The minimum absolute atomic E-state index is 0.346. The molecule has 5 rings (SSSR count). The van der Waals surface area contributed by atoms with Crippen molar-refractivity contribution in [3.05, 3.63) is 83.9 Å². The lowest BCUT2D eigenvalue weighted by atomic mass is 9.91. The number of carbonyl (C=O) groups is 3. The smallest absolute Gasteiger partial charge is 0.319 e. The number of anilines is 2. The molecule has 160 valence electrons. The van der Waals surface area contributed by atoms with Crippen molar-refractivity contribution < 1.29 is 14.4 Å². The number of amides is 4. The average Bonchev–Trinajstić information content (AvgIpc) is 3.01. The number of benzene rings is 3. The minimum Gasteiger partial charge on any atom is -0.319 e. The molecule has 7 heteroatoms. The number of urea groups is 1. The van der Waals surface area contributed by atoms with Crippen LogP contribution in [-0.2, 0) is 15.1 Å². The van der Waals surface area contributed by atoms with Crippen LogP contribution in [0.15, 0.2) is 82.6 Å². The molecule has 2 heterocycles. The molecular formula is C25H21N3O3S. The summed E-state index contributed by atoms with van der Waals surface area (Å²) >= 11 is 1.59. The van der Waals surface area contributed by atoms with Crippen molar-refractivity contribution >= 4 is 41.0 Å². The van der Waals surface area contributed by atoms with Gasteiger partial charge in [-0.2, -0.15) is 0 Å². The van der Waals surface area contributed by atoms with Crippen molar-refractivity contribution in [3.63, 3.8) is 0 Å². The van der Waals surface area contributed by atoms with Gasteiger partial charge in [0.05, 0.1) is 11.4 Å². The molecule has 3 aromatic rings. The molecule has 0 spiro atoms. The third-order valence-corrected chi connectivity index (χ3v) is 7.01. The van der Waals surface area contributed by atoms with Gasteiger partial charge in [-0.1, -0.05) is 65.9 Å². The quantitative estimate of drug-likeness (QED) is 0.601. The third-order valence-electron chi connectivity index (χ3n) is 5.88. The third kappa shape index (κ3) is 3.17. The van der Waals surface area contributed by atoms with E-state index in [0.29, 0.717) is 5.56 Å². The molecule has 1 fully saturated rings. The minimum atomic E-state index is -1.21. The maximum Gasteiger partial charge on any atom is 0.325 e. The Kier molecular flexibility index (Phi) is 4.78. The van der Waals surface area contributed by atoms with E-state index in [-0.39, 0.29) is 12.5 Å². The second kappa shape index (κ2) is 7.53. The summed E-state index contributed by atoms with van der Waals surface area (Å²) in [6.45, 7) is 3.28. The Hall–Kier alpha value is -3.58. The zero-order valence-corrected chi connectivity index (χ0v) is 18.5. The molecule has 4 amide bonds. The van der Waals surface area contributed by atoms with E-state index in [4.69, 9.17) is 0 Å². The van der Waals surface area contributed by atoms with Gasteiger partial charge in [0.1, 0.15) is 12.1 Å². The summed E-state index contributed by atoms with van der Waals surface area (Å²) in [6, 6.07) is 22.1. The molecule has 0 aliphatic carbocycles. The normalized spacial score (nSPS) is 19.4. The van der Waals surface area contributed by atoms with Gasteiger partial charge in [0.2, 0.25) is 0 Å². The first kappa shape index (κ1) is 20.3. The average molecular weight is 444 g/mol. The lowest BCUT2D eigenvalue weighted by Gasteiger charge is -2.32. The molecule has 2 aliphatic heterocycles. The number of nitrogens with one attached hydrogen (secondary N) is 1. The lowest BCUT2D eigenvalue weighted by molar-refractivity contribution is -0.134. The topological polar surface area (TPSA) is 69.7 Å². The number of para-hydroxylation sites is 2. The molecule has 0 unspecified atom stereocenters. The molecule has 1 N–H and O–H groups in total. The SMILES string of the molecule is Cc1ccc([C@@]2(C)NC(=O)N(CC(=O)N3c4ccccc4Sc4ccccc43)C2=O)cc1. The number of fused-ring (bicyclic) bond motifs is 2. The molecule has 1 saturated heterocycles.